The van der Waals surface area contributed by atoms with Gasteiger partial charge in [0, 0.05) is 29.3 Å². The van der Waals surface area contributed by atoms with Crippen LogP contribution in [0.4, 0.5) is 5.69 Å². The van der Waals surface area contributed by atoms with E-state index in [9.17, 15) is 9.59 Å². The third-order valence-electron chi connectivity index (χ3n) is 4.10. The number of ether oxygens (including phenoxy) is 2. The van der Waals surface area contributed by atoms with E-state index < -0.39 is 5.97 Å². The molecule has 0 saturated heterocycles. The number of hydrogen-bond donors (Lipinski definition) is 4. The van der Waals surface area contributed by atoms with Crippen LogP contribution in [0.3, 0.4) is 0 Å². The van der Waals surface area contributed by atoms with Crippen molar-refractivity contribution in [1.29, 1.82) is 5.41 Å². The molecule has 1 amide bonds. The number of benzene rings is 2. The minimum atomic E-state index is -1.02. The number of nitrogens with two attached hydrogens (primary N) is 1. The first kappa shape index (κ1) is 18.4. The molecule has 1 aliphatic rings. The highest BCUT2D eigenvalue weighted by Gasteiger charge is 2.21. The van der Waals surface area contributed by atoms with Crippen LogP contribution in [0.5, 0.6) is 5.75 Å². The summed E-state index contributed by atoms with van der Waals surface area (Å²) < 4.78 is 10.9. The van der Waals surface area contributed by atoms with Gasteiger partial charge >= 0.3 is 5.97 Å². The van der Waals surface area contributed by atoms with Gasteiger partial charge in [-0.2, -0.15) is 0 Å². The number of carboxylic acid groups (broad SMARTS) is 1. The molecule has 0 bridgehead atoms. The zero-order valence-electron chi connectivity index (χ0n) is 14.4. The number of nitrogens with one attached hydrogen (secondary N) is 2. The van der Waals surface area contributed by atoms with Gasteiger partial charge in [0.1, 0.15) is 24.8 Å². The fourth-order valence-corrected chi connectivity index (χ4v) is 2.72. The molecule has 8 nitrogen and oxygen atoms in total. The van der Waals surface area contributed by atoms with Crippen molar-refractivity contribution in [3.63, 3.8) is 0 Å². The SMILES string of the molecule is N=C(N)c1ccc(C(=O)Nc2ccc3c(c2)OCC(OCC(=O)O)C3)cc1. The van der Waals surface area contributed by atoms with Gasteiger partial charge in [0.15, 0.2) is 0 Å². The lowest BCUT2D eigenvalue weighted by atomic mass is 10.0. The van der Waals surface area contributed by atoms with Crippen molar-refractivity contribution in [3.05, 3.63) is 59.2 Å². The minimum Gasteiger partial charge on any atom is -0.491 e. The Labute approximate surface area is 155 Å². The van der Waals surface area contributed by atoms with Crippen molar-refractivity contribution in [2.45, 2.75) is 12.5 Å². The van der Waals surface area contributed by atoms with E-state index in [1.165, 1.54) is 0 Å². The van der Waals surface area contributed by atoms with Crippen LogP contribution >= 0.6 is 0 Å². The average molecular weight is 369 g/mol. The number of carbonyl (C=O) groups is 2. The van der Waals surface area contributed by atoms with Crippen molar-refractivity contribution >= 4 is 23.4 Å². The molecule has 27 heavy (non-hydrogen) atoms. The van der Waals surface area contributed by atoms with E-state index in [2.05, 4.69) is 5.32 Å². The van der Waals surface area contributed by atoms with Crippen LogP contribution in [0.25, 0.3) is 0 Å². The number of anilines is 1. The molecule has 0 radical (unpaired) electrons. The summed E-state index contributed by atoms with van der Waals surface area (Å²) in [5, 5.41) is 18.8. The van der Waals surface area contributed by atoms with Crippen LogP contribution in [-0.4, -0.2) is 42.1 Å². The summed E-state index contributed by atoms with van der Waals surface area (Å²) in [5.41, 5.74) is 7.87. The van der Waals surface area contributed by atoms with Crippen molar-refractivity contribution < 1.29 is 24.2 Å². The van der Waals surface area contributed by atoms with Crippen molar-refractivity contribution in [2.75, 3.05) is 18.5 Å². The molecule has 3 rings (SSSR count). The lowest BCUT2D eigenvalue weighted by molar-refractivity contribution is -0.145. The van der Waals surface area contributed by atoms with E-state index in [-0.39, 0.29) is 31.1 Å². The largest absolute Gasteiger partial charge is 0.491 e. The fourth-order valence-electron chi connectivity index (χ4n) is 2.72. The summed E-state index contributed by atoms with van der Waals surface area (Å²) >= 11 is 0. The number of nitrogen functional groups attached to an aromatic ring is 1. The highest BCUT2D eigenvalue weighted by atomic mass is 16.5. The quantitative estimate of drug-likeness (QED) is 0.451. The first-order chi connectivity index (χ1) is 12.9. The van der Waals surface area contributed by atoms with Gasteiger partial charge in [-0.3, -0.25) is 10.2 Å². The molecular weight excluding hydrogens is 350 g/mol. The summed E-state index contributed by atoms with van der Waals surface area (Å²) in [7, 11) is 0. The summed E-state index contributed by atoms with van der Waals surface area (Å²) in [6.07, 6.45) is 0.234. The predicted octanol–water partition coefficient (Wildman–Crippen LogP) is 1.63. The van der Waals surface area contributed by atoms with Gasteiger partial charge in [-0.25, -0.2) is 4.79 Å². The fraction of sp³-hybridized carbons (Fsp3) is 0.211. The number of amides is 1. The highest BCUT2D eigenvalue weighted by molar-refractivity contribution is 6.05. The molecule has 0 spiro atoms. The van der Waals surface area contributed by atoms with E-state index >= 15 is 0 Å². The lowest BCUT2D eigenvalue weighted by Crippen LogP contribution is -2.30. The summed E-state index contributed by atoms with van der Waals surface area (Å²) in [6, 6.07) is 11.7. The lowest BCUT2D eigenvalue weighted by Gasteiger charge is -2.25. The molecule has 8 heteroatoms. The number of amidine groups is 1. The zero-order valence-corrected chi connectivity index (χ0v) is 14.4. The number of aliphatic carboxylic acids is 1. The number of carboxylic acids is 1. The Morgan fingerprint density at radius 2 is 1.93 bits per heavy atom. The van der Waals surface area contributed by atoms with E-state index in [1.54, 1.807) is 36.4 Å². The second-order valence-electron chi connectivity index (χ2n) is 6.11. The van der Waals surface area contributed by atoms with Crippen LogP contribution in [0, 0.1) is 5.41 Å². The summed E-state index contributed by atoms with van der Waals surface area (Å²) in [5.74, 6) is -0.729. The van der Waals surface area contributed by atoms with Gasteiger partial charge in [0.25, 0.3) is 5.91 Å². The molecule has 0 aliphatic carbocycles. The third-order valence-corrected chi connectivity index (χ3v) is 4.10. The van der Waals surface area contributed by atoms with Gasteiger partial charge in [-0.05, 0) is 23.8 Å². The molecule has 2 aromatic carbocycles. The molecule has 0 aromatic heterocycles. The highest BCUT2D eigenvalue weighted by Crippen LogP contribution is 2.29. The van der Waals surface area contributed by atoms with Gasteiger partial charge in [-0.1, -0.05) is 18.2 Å². The Bertz CT molecular complexity index is 879. The van der Waals surface area contributed by atoms with Crippen LogP contribution < -0.4 is 15.8 Å². The van der Waals surface area contributed by atoms with Gasteiger partial charge in [0.05, 0.1) is 6.10 Å². The van der Waals surface area contributed by atoms with Crippen molar-refractivity contribution in [2.24, 2.45) is 5.73 Å². The topological polar surface area (TPSA) is 135 Å². The first-order valence-corrected chi connectivity index (χ1v) is 8.27. The van der Waals surface area contributed by atoms with E-state index in [4.69, 9.17) is 25.7 Å². The second kappa shape index (κ2) is 7.88. The summed E-state index contributed by atoms with van der Waals surface area (Å²) in [4.78, 5) is 22.9. The standard InChI is InChI=1S/C19H19N3O5/c20-18(21)11-1-3-12(4-2-11)19(25)22-14-6-5-13-7-15(26-10-17(23)24)9-27-16(13)8-14/h1-6,8,15H,7,9-10H2,(H3,20,21)(H,22,25)(H,23,24). The maximum atomic E-state index is 12.4. The molecular formula is C19H19N3O5. The average Bonchev–Trinajstić information content (AvgIpc) is 2.66. The first-order valence-electron chi connectivity index (χ1n) is 8.27. The molecule has 1 heterocycles. The molecule has 1 atom stereocenters. The van der Waals surface area contributed by atoms with Crippen molar-refractivity contribution in [1.82, 2.24) is 0 Å². The number of hydrogen-bond acceptors (Lipinski definition) is 5. The predicted molar refractivity (Wildman–Crippen MR) is 98.4 cm³/mol. The monoisotopic (exact) mass is 369 g/mol. The zero-order chi connectivity index (χ0) is 19.4. The molecule has 140 valence electrons. The number of fused-ring (bicyclic) bond motifs is 1. The maximum absolute atomic E-state index is 12.4. The van der Waals surface area contributed by atoms with E-state index in [0.29, 0.717) is 29.0 Å². The Morgan fingerprint density at radius 3 is 2.59 bits per heavy atom. The van der Waals surface area contributed by atoms with Crippen LogP contribution in [0.15, 0.2) is 42.5 Å². The van der Waals surface area contributed by atoms with E-state index in [1.807, 2.05) is 6.07 Å². The smallest absolute Gasteiger partial charge is 0.329 e. The second-order valence-corrected chi connectivity index (χ2v) is 6.11. The van der Waals surface area contributed by atoms with Crippen molar-refractivity contribution in [3.8, 4) is 5.75 Å². The molecule has 0 saturated carbocycles. The molecule has 5 N–H and O–H groups in total. The minimum absolute atomic E-state index is 0.0561. The normalized spacial score (nSPS) is 15.3. The Kier molecular flexibility index (Phi) is 5.37. The Morgan fingerprint density at radius 1 is 1.22 bits per heavy atom. The van der Waals surface area contributed by atoms with Crippen LogP contribution in [0.2, 0.25) is 0 Å². The number of carbonyl (C=O) groups excluding carboxylic acids is 1. The summed E-state index contributed by atoms with van der Waals surface area (Å²) in [6.45, 7) is -0.107. The van der Waals surface area contributed by atoms with Crippen LogP contribution in [0.1, 0.15) is 21.5 Å². The Hall–Kier alpha value is -3.39. The molecule has 0 fully saturated rings. The van der Waals surface area contributed by atoms with Gasteiger partial charge in [0.2, 0.25) is 0 Å². The third kappa shape index (κ3) is 4.62. The number of rotatable bonds is 6. The molecule has 1 unspecified atom stereocenters. The maximum Gasteiger partial charge on any atom is 0.329 e. The van der Waals surface area contributed by atoms with Crippen LogP contribution in [-0.2, 0) is 16.0 Å². The molecule has 1 aliphatic heterocycles. The van der Waals surface area contributed by atoms with Gasteiger partial charge in [-0.15, -0.1) is 0 Å². The van der Waals surface area contributed by atoms with E-state index in [0.717, 1.165) is 5.56 Å². The Balaban J connectivity index is 1.64. The van der Waals surface area contributed by atoms with Gasteiger partial charge < -0.3 is 25.6 Å². The molecule has 2 aromatic rings.